The van der Waals surface area contributed by atoms with E-state index in [0.29, 0.717) is 12.0 Å². The van der Waals surface area contributed by atoms with Crippen LogP contribution in [0.1, 0.15) is 33.1 Å². The lowest BCUT2D eigenvalue weighted by atomic mass is 9.95. The van der Waals surface area contributed by atoms with Crippen LogP contribution in [0, 0.1) is 5.92 Å². The third-order valence-electron chi connectivity index (χ3n) is 4.37. The molecule has 1 atom stereocenters. The number of aliphatic carboxylic acids is 1. The largest absolute Gasteiger partial charge is 0.480 e. The maximum atomic E-state index is 10.8. The number of rotatable bonds is 4. The zero-order chi connectivity index (χ0) is 13.8. The molecule has 2 aliphatic heterocycles. The Bertz CT molecular complexity index is 352. The van der Waals surface area contributed by atoms with Crippen LogP contribution in [0.2, 0.25) is 0 Å². The van der Waals surface area contributed by atoms with Crippen LogP contribution < -0.4 is 0 Å². The van der Waals surface area contributed by atoms with E-state index in [1.807, 2.05) is 0 Å². The van der Waals surface area contributed by atoms with Gasteiger partial charge in [-0.2, -0.15) is 0 Å². The van der Waals surface area contributed by atoms with E-state index in [0.717, 1.165) is 32.6 Å². The van der Waals surface area contributed by atoms with Crippen LogP contribution in [0.25, 0.3) is 0 Å². The molecule has 4 heteroatoms. The molecule has 0 aromatic heterocycles. The zero-order valence-corrected chi connectivity index (χ0v) is 12.1. The van der Waals surface area contributed by atoms with Crippen molar-refractivity contribution in [1.29, 1.82) is 0 Å². The molecule has 19 heavy (non-hydrogen) atoms. The molecule has 1 N–H and O–H groups in total. The van der Waals surface area contributed by atoms with E-state index in [1.165, 1.54) is 12.8 Å². The van der Waals surface area contributed by atoms with Crippen molar-refractivity contribution in [2.75, 3.05) is 32.7 Å². The number of nitrogens with zero attached hydrogens (tertiary/aromatic N) is 2. The van der Waals surface area contributed by atoms with E-state index in [1.54, 1.807) is 5.57 Å². The lowest BCUT2D eigenvalue weighted by molar-refractivity contribution is -0.138. The highest BCUT2D eigenvalue weighted by molar-refractivity contribution is 5.69. The highest BCUT2D eigenvalue weighted by atomic mass is 16.4. The molecule has 0 saturated carbocycles. The summed E-state index contributed by atoms with van der Waals surface area (Å²) in [4.78, 5) is 15.4. The summed E-state index contributed by atoms with van der Waals surface area (Å²) in [5.41, 5.74) is 1.58. The molecule has 0 amide bonds. The number of carbonyl (C=O) groups is 1. The quantitative estimate of drug-likeness (QED) is 0.788. The number of likely N-dealkylation sites (tertiary alicyclic amines) is 1. The third kappa shape index (κ3) is 4.05. The van der Waals surface area contributed by atoms with Gasteiger partial charge in [0.15, 0.2) is 0 Å². The average molecular weight is 266 g/mol. The van der Waals surface area contributed by atoms with Gasteiger partial charge in [0.2, 0.25) is 0 Å². The van der Waals surface area contributed by atoms with Gasteiger partial charge in [0, 0.05) is 25.7 Å². The van der Waals surface area contributed by atoms with Crippen molar-refractivity contribution in [2.24, 2.45) is 5.92 Å². The Morgan fingerprint density at radius 1 is 1.47 bits per heavy atom. The van der Waals surface area contributed by atoms with Crippen LogP contribution in [0.5, 0.6) is 0 Å². The van der Waals surface area contributed by atoms with Gasteiger partial charge < -0.3 is 5.11 Å². The smallest absolute Gasteiger partial charge is 0.317 e. The molecule has 2 rings (SSSR count). The second-order valence-electron chi connectivity index (χ2n) is 6.10. The van der Waals surface area contributed by atoms with Crippen LogP contribution in [0.4, 0.5) is 0 Å². The molecular weight excluding hydrogens is 240 g/mol. The van der Waals surface area contributed by atoms with E-state index in [-0.39, 0.29) is 6.54 Å². The Morgan fingerprint density at radius 3 is 2.84 bits per heavy atom. The highest BCUT2D eigenvalue weighted by Crippen LogP contribution is 2.23. The standard InChI is InChI=1S/C15H26N2O2/c1-12(2)13-5-8-17(9-6-13)14-4-3-7-16(10-14)11-15(18)19/h5,12,14H,3-4,6-11H2,1-2H3,(H,18,19). The summed E-state index contributed by atoms with van der Waals surface area (Å²) in [6.45, 7) is 8.74. The summed E-state index contributed by atoms with van der Waals surface area (Å²) in [6, 6.07) is 0.540. The van der Waals surface area contributed by atoms with Crippen LogP contribution in [-0.2, 0) is 4.79 Å². The van der Waals surface area contributed by atoms with Gasteiger partial charge in [-0.05, 0) is 31.7 Å². The van der Waals surface area contributed by atoms with Gasteiger partial charge >= 0.3 is 5.97 Å². The summed E-state index contributed by atoms with van der Waals surface area (Å²) in [6.07, 6.45) is 5.88. The highest BCUT2D eigenvalue weighted by Gasteiger charge is 2.27. The maximum absolute atomic E-state index is 10.8. The van der Waals surface area contributed by atoms with Crippen molar-refractivity contribution in [2.45, 2.75) is 39.2 Å². The lowest BCUT2D eigenvalue weighted by Crippen LogP contribution is -2.50. The number of carboxylic acid groups (broad SMARTS) is 1. The average Bonchev–Trinajstić information content (AvgIpc) is 2.38. The molecule has 4 nitrogen and oxygen atoms in total. The fraction of sp³-hybridized carbons (Fsp3) is 0.800. The van der Waals surface area contributed by atoms with E-state index in [4.69, 9.17) is 5.11 Å². The number of hydrogen-bond donors (Lipinski definition) is 1. The normalized spacial score (nSPS) is 26.5. The Kier molecular flexibility index (Phi) is 4.99. The molecule has 0 aromatic carbocycles. The zero-order valence-electron chi connectivity index (χ0n) is 12.1. The molecule has 0 spiro atoms. The van der Waals surface area contributed by atoms with Gasteiger partial charge in [-0.1, -0.05) is 25.5 Å². The van der Waals surface area contributed by atoms with Crippen molar-refractivity contribution in [3.05, 3.63) is 11.6 Å². The number of carboxylic acids is 1. The van der Waals surface area contributed by atoms with Gasteiger partial charge in [0.25, 0.3) is 0 Å². The van der Waals surface area contributed by atoms with Gasteiger partial charge in [-0.25, -0.2) is 0 Å². The second kappa shape index (κ2) is 6.53. The SMILES string of the molecule is CC(C)C1=CCN(C2CCCN(CC(=O)O)C2)CC1. The molecule has 2 aliphatic rings. The van der Waals surface area contributed by atoms with Crippen molar-refractivity contribution >= 4 is 5.97 Å². The number of piperidine rings is 1. The minimum Gasteiger partial charge on any atom is -0.480 e. The first-order valence-corrected chi connectivity index (χ1v) is 7.43. The minimum atomic E-state index is -0.707. The molecule has 2 heterocycles. The van der Waals surface area contributed by atoms with Gasteiger partial charge in [0.1, 0.15) is 0 Å². The minimum absolute atomic E-state index is 0.192. The monoisotopic (exact) mass is 266 g/mol. The topological polar surface area (TPSA) is 43.8 Å². The van der Waals surface area contributed by atoms with E-state index in [9.17, 15) is 4.79 Å². The fourth-order valence-corrected chi connectivity index (χ4v) is 3.22. The Balaban J connectivity index is 1.87. The molecule has 0 radical (unpaired) electrons. The molecule has 1 unspecified atom stereocenters. The molecule has 108 valence electrons. The van der Waals surface area contributed by atoms with Crippen LogP contribution in [-0.4, -0.2) is 59.6 Å². The maximum Gasteiger partial charge on any atom is 0.317 e. The van der Waals surface area contributed by atoms with Crippen molar-refractivity contribution in [3.8, 4) is 0 Å². The van der Waals surface area contributed by atoms with Gasteiger partial charge in [-0.3, -0.25) is 14.6 Å². The first-order chi connectivity index (χ1) is 9.06. The van der Waals surface area contributed by atoms with Gasteiger partial charge in [0.05, 0.1) is 6.54 Å². The second-order valence-corrected chi connectivity index (χ2v) is 6.10. The molecular formula is C15H26N2O2. The molecule has 0 bridgehead atoms. The first-order valence-electron chi connectivity index (χ1n) is 7.43. The van der Waals surface area contributed by atoms with Crippen LogP contribution in [0.15, 0.2) is 11.6 Å². The van der Waals surface area contributed by atoms with Crippen molar-refractivity contribution < 1.29 is 9.90 Å². The third-order valence-corrected chi connectivity index (χ3v) is 4.37. The number of hydrogen-bond acceptors (Lipinski definition) is 3. The summed E-state index contributed by atoms with van der Waals surface area (Å²) >= 11 is 0. The van der Waals surface area contributed by atoms with E-state index < -0.39 is 5.97 Å². The Morgan fingerprint density at radius 2 is 2.26 bits per heavy atom. The molecule has 0 aliphatic carbocycles. The lowest BCUT2D eigenvalue weighted by Gasteiger charge is -2.40. The van der Waals surface area contributed by atoms with Crippen LogP contribution in [0.3, 0.4) is 0 Å². The fourth-order valence-electron chi connectivity index (χ4n) is 3.22. The molecule has 1 fully saturated rings. The van der Waals surface area contributed by atoms with Crippen molar-refractivity contribution in [1.82, 2.24) is 9.80 Å². The summed E-state index contributed by atoms with van der Waals surface area (Å²) in [5.74, 6) is -0.0432. The molecule has 0 aromatic rings. The van der Waals surface area contributed by atoms with E-state index in [2.05, 4.69) is 29.7 Å². The summed E-state index contributed by atoms with van der Waals surface area (Å²) in [7, 11) is 0. The van der Waals surface area contributed by atoms with E-state index >= 15 is 0 Å². The predicted octanol–water partition coefficient (Wildman–Crippen LogP) is 1.82. The Hall–Kier alpha value is -0.870. The van der Waals surface area contributed by atoms with Crippen molar-refractivity contribution in [3.63, 3.8) is 0 Å². The first kappa shape index (κ1) is 14.5. The molecule has 1 saturated heterocycles. The predicted molar refractivity (Wildman–Crippen MR) is 76.2 cm³/mol. The summed E-state index contributed by atoms with van der Waals surface area (Å²) < 4.78 is 0. The van der Waals surface area contributed by atoms with Gasteiger partial charge in [-0.15, -0.1) is 0 Å². The Labute approximate surface area is 116 Å². The van der Waals surface area contributed by atoms with Crippen LogP contribution >= 0.6 is 0 Å². The summed E-state index contributed by atoms with van der Waals surface area (Å²) in [5, 5.41) is 8.89.